The lowest BCUT2D eigenvalue weighted by molar-refractivity contribution is -0.752. The second-order valence-corrected chi connectivity index (χ2v) is 9.21. The maximum absolute atomic E-state index is 12.4. The van der Waals surface area contributed by atoms with Crippen LogP contribution in [0.5, 0.6) is 0 Å². The molecule has 2 aromatic rings. The summed E-state index contributed by atoms with van der Waals surface area (Å²) in [4.78, 5) is 12.4. The lowest BCUT2D eigenvalue weighted by atomic mass is 9.53. The molecular formula is C24H29N2O+. The predicted octanol–water partition coefficient (Wildman–Crippen LogP) is 3.97. The highest BCUT2D eigenvalue weighted by Gasteiger charge is 2.53. The van der Waals surface area contributed by atoms with E-state index >= 15 is 0 Å². The Kier molecular flexibility index (Phi) is 4.28. The number of benzene rings is 2. The zero-order valence-electron chi connectivity index (χ0n) is 15.9. The van der Waals surface area contributed by atoms with Crippen LogP contribution in [0.2, 0.25) is 0 Å². The normalized spacial score (nSPS) is 31.0. The minimum absolute atomic E-state index is 0.0437. The van der Waals surface area contributed by atoms with E-state index in [1.807, 2.05) is 42.5 Å². The summed E-state index contributed by atoms with van der Waals surface area (Å²) in [7, 11) is 0. The number of amides is 1. The maximum Gasteiger partial charge on any atom is 0.255 e. The number of hydrogen-bond donors (Lipinski definition) is 2. The highest BCUT2D eigenvalue weighted by molar-refractivity contribution is 6.04. The van der Waals surface area contributed by atoms with E-state index in [4.69, 9.17) is 0 Å². The fourth-order valence-electron chi connectivity index (χ4n) is 6.28. The van der Waals surface area contributed by atoms with E-state index in [0.717, 1.165) is 35.5 Å². The SMILES string of the molecule is O=C(Nc1ccccc1)c1ccc(C[NH2+]C23CC4CC(CC(C4)C2)C3)cc1. The van der Waals surface area contributed by atoms with Crippen LogP contribution in [0.4, 0.5) is 5.69 Å². The molecule has 0 heterocycles. The number of quaternary nitrogens is 1. The third-order valence-corrected chi connectivity index (χ3v) is 7.10. The van der Waals surface area contributed by atoms with Gasteiger partial charge in [-0.2, -0.15) is 0 Å². The second kappa shape index (κ2) is 6.79. The number of carbonyl (C=O) groups excluding carboxylic acids is 1. The minimum Gasteiger partial charge on any atom is -0.338 e. The molecule has 27 heavy (non-hydrogen) atoms. The highest BCUT2D eigenvalue weighted by Crippen LogP contribution is 2.54. The molecule has 3 nitrogen and oxygen atoms in total. The Labute approximate surface area is 161 Å². The van der Waals surface area contributed by atoms with Crippen molar-refractivity contribution in [2.24, 2.45) is 17.8 Å². The summed E-state index contributed by atoms with van der Waals surface area (Å²) >= 11 is 0. The third kappa shape index (κ3) is 3.53. The number of nitrogens with one attached hydrogen (secondary N) is 1. The van der Waals surface area contributed by atoms with Gasteiger partial charge in [-0.1, -0.05) is 30.3 Å². The van der Waals surface area contributed by atoms with Crippen LogP contribution in [0.15, 0.2) is 54.6 Å². The first-order chi connectivity index (χ1) is 13.2. The Hall–Kier alpha value is -2.13. The molecule has 0 atom stereocenters. The Balaban J connectivity index is 1.20. The summed E-state index contributed by atoms with van der Waals surface area (Å²) < 4.78 is 0. The summed E-state index contributed by atoms with van der Waals surface area (Å²) in [5, 5.41) is 5.59. The summed E-state index contributed by atoms with van der Waals surface area (Å²) in [6, 6.07) is 17.8. The van der Waals surface area contributed by atoms with E-state index in [2.05, 4.69) is 22.8 Å². The van der Waals surface area contributed by atoms with Crippen LogP contribution in [0.1, 0.15) is 54.4 Å². The van der Waals surface area contributed by atoms with Crippen LogP contribution in [-0.2, 0) is 6.54 Å². The van der Waals surface area contributed by atoms with E-state index < -0.39 is 0 Å². The van der Waals surface area contributed by atoms with Crippen molar-refractivity contribution >= 4 is 11.6 Å². The molecule has 1 amide bonds. The predicted molar refractivity (Wildman–Crippen MR) is 107 cm³/mol. The first-order valence-corrected chi connectivity index (χ1v) is 10.5. The van der Waals surface area contributed by atoms with Gasteiger partial charge in [-0.3, -0.25) is 4.79 Å². The highest BCUT2D eigenvalue weighted by atomic mass is 16.1. The lowest BCUT2D eigenvalue weighted by Gasteiger charge is -2.54. The van der Waals surface area contributed by atoms with Gasteiger partial charge in [-0.15, -0.1) is 0 Å². The molecule has 3 N–H and O–H groups in total. The van der Waals surface area contributed by atoms with Crippen LogP contribution in [-0.4, -0.2) is 11.4 Å². The first kappa shape index (κ1) is 17.0. The third-order valence-electron chi connectivity index (χ3n) is 7.10. The van der Waals surface area contributed by atoms with Crippen molar-refractivity contribution in [2.45, 2.75) is 50.6 Å². The summed E-state index contributed by atoms with van der Waals surface area (Å²) in [5.74, 6) is 2.95. The number of rotatable bonds is 5. The smallest absolute Gasteiger partial charge is 0.255 e. The molecule has 0 saturated heterocycles. The van der Waals surface area contributed by atoms with Crippen molar-refractivity contribution < 1.29 is 10.1 Å². The van der Waals surface area contributed by atoms with Crippen molar-refractivity contribution in [3.05, 3.63) is 65.7 Å². The zero-order valence-corrected chi connectivity index (χ0v) is 15.9. The van der Waals surface area contributed by atoms with Gasteiger partial charge >= 0.3 is 0 Å². The Morgan fingerprint density at radius 3 is 2.07 bits per heavy atom. The summed E-state index contributed by atoms with van der Waals surface area (Å²) in [6.07, 6.45) is 8.78. The summed E-state index contributed by atoms with van der Waals surface area (Å²) in [6.45, 7) is 1.03. The molecule has 4 saturated carbocycles. The molecule has 2 aromatic carbocycles. The maximum atomic E-state index is 12.4. The van der Waals surface area contributed by atoms with Crippen molar-refractivity contribution in [2.75, 3.05) is 5.32 Å². The Morgan fingerprint density at radius 2 is 1.48 bits per heavy atom. The molecule has 3 heteroatoms. The molecule has 4 aliphatic rings. The van der Waals surface area contributed by atoms with Gasteiger partial charge in [-0.25, -0.2) is 0 Å². The average Bonchev–Trinajstić information content (AvgIpc) is 2.67. The molecule has 0 aromatic heterocycles. The Bertz CT molecular complexity index is 777. The van der Waals surface area contributed by atoms with Crippen LogP contribution in [0, 0.1) is 17.8 Å². The van der Waals surface area contributed by atoms with Gasteiger partial charge in [0, 0.05) is 36.1 Å². The molecule has 140 valence electrons. The lowest BCUT2D eigenvalue weighted by Crippen LogP contribution is -2.97. The van der Waals surface area contributed by atoms with Gasteiger partial charge in [0.25, 0.3) is 5.91 Å². The van der Waals surface area contributed by atoms with Crippen molar-refractivity contribution in [3.63, 3.8) is 0 Å². The fourth-order valence-corrected chi connectivity index (χ4v) is 6.28. The molecule has 6 rings (SSSR count). The number of para-hydroxylation sites is 1. The monoisotopic (exact) mass is 361 g/mol. The van der Waals surface area contributed by atoms with Crippen LogP contribution >= 0.6 is 0 Å². The van der Waals surface area contributed by atoms with Crippen LogP contribution in [0.25, 0.3) is 0 Å². The molecule has 4 aliphatic carbocycles. The number of nitrogens with two attached hydrogens (primary N) is 1. The molecule has 4 bridgehead atoms. The molecule has 0 aliphatic heterocycles. The standard InChI is InChI=1S/C24H28N2O/c27-23(26-22-4-2-1-3-5-22)21-8-6-17(7-9-21)16-25-24-13-18-10-19(14-24)12-20(11-18)15-24/h1-9,18-20,25H,10-16H2,(H,26,27)/p+1. The van der Waals surface area contributed by atoms with E-state index in [0.29, 0.717) is 5.54 Å². The molecule has 4 fully saturated rings. The van der Waals surface area contributed by atoms with E-state index in [-0.39, 0.29) is 5.91 Å². The van der Waals surface area contributed by atoms with Gasteiger partial charge < -0.3 is 10.6 Å². The molecule has 0 unspecified atom stereocenters. The second-order valence-electron chi connectivity index (χ2n) is 9.21. The van der Waals surface area contributed by atoms with Crippen LogP contribution in [0.3, 0.4) is 0 Å². The number of carbonyl (C=O) groups is 1. The van der Waals surface area contributed by atoms with Crippen LogP contribution < -0.4 is 10.6 Å². The topological polar surface area (TPSA) is 45.7 Å². The zero-order chi connectivity index (χ0) is 18.3. The molecule has 0 radical (unpaired) electrons. The fraction of sp³-hybridized carbons (Fsp3) is 0.458. The van der Waals surface area contributed by atoms with E-state index in [1.165, 1.54) is 44.1 Å². The molecular weight excluding hydrogens is 332 g/mol. The minimum atomic E-state index is -0.0437. The van der Waals surface area contributed by atoms with Gasteiger partial charge in [0.2, 0.25) is 0 Å². The van der Waals surface area contributed by atoms with E-state index in [1.54, 1.807) is 0 Å². The van der Waals surface area contributed by atoms with Gasteiger partial charge in [-0.05, 0) is 61.3 Å². The van der Waals surface area contributed by atoms with Crippen molar-refractivity contribution in [1.82, 2.24) is 0 Å². The first-order valence-electron chi connectivity index (χ1n) is 10.5. The van der Waals surface area contributed by atoms with E-state index in [9.17, 15) is 4.79 Å². The Morgan fingerprint density at radius 1 is 0.889 bits per heavy atom. The number of hydrogen-bond acceptors (Lipinski definition) is 1. The largest absolute Gasteiger partial charge is 0.338 e. The average molecular weight is 362 g/mol. The van der Waals surface area contributed by atoms with Gasteiger partial charge in [0.1, 0.15) is 6.54 Å². The quantitative estimate of drug-likeness (QED) is 0.832. The molecule has 0 spiro atoms. The van der Waals surface area contributed by atoms with Crippen molar-refractivity contribution in [1.29, 1.82) is 0 Å². The van der Waals surface area contributed by atoms with Crippen molar-refractivity contribution in [3.8, 4) is 0 Å². The van der Waals surface area contributed by atoms with Gasteiger partial charge in [0.05, 0.1) is 5.54 Å². The summed E-state index contributed by atoms with van der Waals surface area (Å²) in [5.41, 5.74) is 3.39. The van der Waals surface area contributed by atoms with Gasteiger partial charge in [0.15, 0.2) is 0 Å². The number of anilines is 1.